The maximum absolute atomic E-state index is 11.4. The van der Waals surface area contributed by atoms with Crippen LogP contribution in [0.3, 0.4) is 0 Å². The number of aromatic nitrogens is 3. The van der Waals surface area contributed by atoms with Crippen LogP contribution in [0.1, 0.15) is 30.8 Å². The summed E-state index contributed by atoms with van der Waals surface area (Å²) in [6.45, 7) is 4.08. The maximum atomic E-state index is 11.4. The summed E-state index contributed by atoms with van der Waals surface area (Å²) in [7, 11) is 0. The van der Waals surface area contributed by atoms with E-state index in [1.807, 2.05) is 0 Å². The molecule has 0 saturated heterocycles. The predicted octanol–water partition coefficient (Wildman–Crippen LogP) is 0.394. The van der Waals surface area contributed by atoms with Crippen molar-refractivity contribution in [3.8, 4) is 0 Å². The number of imidazole rings is 1. The lowest BCUT2D eigenvalue weighted by Gasteiger charge is -1.99. The Balaban J connectivity index is 0.000000197. The van der Waals surface area contributed by atoms with E-state index >= 15 is 0 Å². The Morgan fingerprint density at radius 3 is 2.58 bits per heavy atom. The van der Waals surface area contributed by atoms with E-state index in [4.69, 9.17) is 15.2 Å². The second kappa shape index (κ2) is 8.60. The van der Waals surface area contributed by atoms with Crippen LogP contribution in [0.25, 0.3) is 5.65 Å². The van der Waals surface area contributed by atoms with E-state index in [0.29, 0.717) is 24.4 Å². The SMILES string of the molecule is CCOC(=O)C1=C(N)CC=N1.CCOC(=O)c1ncn2ccc(=O)[nH]c12. The van der Waals surface area contributed by atoms with Gasteiger partial charge in [0.15, 0.2) is 17.0 Å². The molecular formula is C16H19N5O5. The number of nitrogens with two attached hydrogens (primary N) is 1. The fourth-order valence-corrected chi connectivity index (χ4v) is 2.05. The molecule has 3 rings (SSSR count). The molecule has 0 atom stereocenters. The molecular weight excluding hydrogens is 342 g/mol. The average Bonchev–Trinajstić information content (AvgIpc) is 3.21. The number of carbonyl (C=O) groups excluding carboxylic acids is 2. The molecule has 10 heteroatoms. The second-order valence-corrected chi connectivity index (χ2v) is 4.98. The number of hydrogen-bond donors (Lipinski definition) is 2. The number of allylic oxidation sites excluding steroid dienone is 1. The second-order valence-electron chi connectivity index (χ2n) is 4.98. The van der Waals surface area contributed by atoms with E-state index in [-0.39, 0.29) is 23.6 Å². The summed E-state index contributed by atoms with van der Waals surface area (Å²) >= 11 is 0. The number of ether oxygens (including phenoxy) is 2. The first-order valence-corrected chi connectivity index (χ1v) is 7.89. The molecule has 1 aliphatic rings. The third kappa shape index (κ3) is 4.35. The lowest BCUT2D eigenvalue weighted by atomic mass is 10.3. The van der Waals surface area contributed by atoms with Gasteiger partial charge in [-0.1, -0.05) is 0 Å². The van der Waals surface area contributed by atoms with Crippen LogP contribution in [0.4, 0.5) is 0 Å². The molecule has 138 valence electrons. The molecule has 2 aromatic rings. The summed E-state index contributed by atoms with van der Waals surface area (Å²) in [6.07, 6.45) is 5.12. The summed E-state index contributed by atoms with van der Waals surface area (Å²) in [6, 6.07) is 1.35. The zero-order valence-corrected chi connectivity index (χ0v) is 14.4. The van der Waals surface area contributed by atoms with Gasteiger partial charge in [-0.05, 0) is 13.8 Å². The molecule has 10 nitrogen and oxygen atoms in total. The van der Waals surface area contributed by atoms with Crippen LogP contribution >= 0.6 is 0 Å². The first-order chi connectivity index (χ1) is 12.5. The van der Waals surface area contributed by atoms with Crippen LogP contribution in [-0.2, 0) is 14.3 Å². The molecule has 2 aromatic heterocycles. The number of hydrogen-bond acceptors (Lipinski definition) is 8. The summed E-state index contributed by atoms with van der Waals surface area (Å²) in [5.74, 6) is -0.972. The standard InChI is InChI=1S/C9H9N3O3.C7H10N2O2/c1-2-15-9(14)7-8-11-6(13)3-4-12(8)5-10-7;1-2-11-7(10)6-5(8)3-4-9-6/h3-5H,2H2,1H3,(H,11,13);4H,2-3,8H2,1H3. The predicted molar refractivity (Wildman–Crippen MR) is 92.7 cm³/mol. The molecule has 3 N–H and O–H groups in total. The van der Waals surface area contributed by atoms with Gasteiger partial charge in [-0.2, -0.15) is 0 Å². The molecule has 0 radical (unpaired) electrons. The number of esters is 2. The number of rotatable bonds is 4. The quantitative estimate of drug-likeness (QED) is 0.750. The van der Waals surface area contributed by atoms with E-state index in [1.54, 1.807) is 24.5 Å². The van der Waals surface area contributed by atoms with E-state index in [9.17, 15) is 14.4 Å². The molecule has 0 aliphatic carbocycles. The topological polar surface area (TPSA) is 141 Å². The highest BCUT2D eigenvalue weighted by Crippen LogP contribution is 2.11. The molecule has 0 amide bonds. The normalized spacial score (nSPS) is 12.7. The van der Waals surface area contributed by atoms with Crippen LogP contribution in [0.2, 0.25) is 0 Å². The van der Waals surface area contributed by atoms with Gasteiger partial charge in [0.2, 0.25) is 0 Å². The van der Waals surface area contributed by atoms with Crippen LogP contribution in [0.15, 0.2) is 39.8 Å². The van der Waals surface area contributed by atoms with Crippen molar-refractivity contribution in [1.29, 1.82) is 0 Å². The van der Waals surface area contributed by atoms with Gasteiger partial charge in [0, 0.05) is 30.6 Å². The zero-order chi connectivity index (χ0) is 19.1. The van der Waals surface area contributed by atoms with Crippen LogP contribution < -0.4 is 11.3 Å². The van der Waals surface area contributed by atoms with Gasteiger partial charge in [-0.15, -0.1) is 0 Å². The number of carbonyl (C=O) groups is 2. The lowest BCUT2D eigenvalue weighted by molar-refractivity contribution is -0.138. The van der Waals surface area contributed by atoms with Crippen LogP contribution in [0, 0.1) is 0 Å². The highest BCUT2D eigenvalue weighted by atomic mass is 16.5. The Labute approximate surface area is 148 Å². The van der Waals surface area contributed by atoms with Crippen molar-refractivity contribution >= 4 is 23.8 Å². The number of H-pyrrole nitrogens is 1. The molecule has 0 bridgehead atoms. The fraction of sp³-hybridized carbons (Fsp3) is 0.312. The summed E-state index contributed by atoms with van der Waals surface area (Å²) < 4.78 is 11.1. The minimum atomic E-state index is -0.540. The monoisotopic (exact) mass is 361 g/mol. The van der Waals surface area contributed by atoms with Crippen molar-refractivity contribution in [1.82, 2.24) is 14.4 Å². The Bertz CT molecular complexity index is 924. The van der Waals surface area contributed by atoms with Crippen molar-refractivity contribution in [2.45, 2.75) is 20.3 Å². The Hall–Kier alpha value is -3.43. The fourth-order valence-electron chi connectivity index (χ4n) is 2.05. The summed E-state index contributed by atoms with van der Waals surface area (Å²) in [5.41, 5.74) is 6.39. The van der Waals surface area contributed by atoms with E-state index in [1.165, 1.54) is 18.6 Å². The van der Waals surface area contributed by atoms with Crippen molar-refractivity contribution in [2.75, 3.05) is 13.2 Å². The van der Waals surface area contributed by atoms with E-state index < -0.39 is 11.9 Å². The summed E-state index contributed by atoms with van der Waals surface area (Å²) in [4.78, 5) is 43.6. The van der Waals surface area contributed by atoms with Crippen molar-refractivity contribution in [3.05, 3.63) is 46.0 Å². The Morgan fingerprint density at radius 1 is 1.27 bits per heavy atom. The van der Waals surface area contributed by atoms with Gasteiger partial charge in [0.25, 0.3) is 5.56 Å². The third-order valence-electron chi connectivity index (χ3n) is 3.20. The van der Waals surface area contributed by atoms with E-state index in [0.717, 1.165) is 0 Å². The number of aromatic amines is 1. The van der Waals surface area contributed by atoms with Gasteiger partial charge in [-0.3, -0.25) is 14.2 Å². The molecule has 0 spiro atoms. The lowest BCUT2D eigenvalue weighted by Crippen LogP contribution is -2.10. The molecule has 3 heterocycles. The average molecular weight is 361 g/mol. The number of nitrogens with one attached hydrogen (secondary N) is 1. The van der Waals surface area contributed by atoms with Crippen molar-refractivity contribution < 1.29 is 19.1 Å². The Kier molecular flexibility index (Phi) is 6.25. The molecule has 0 unspecified atom stereocenters. The smallest absolute Gasteiger partial charge is 0.360 e. The van der Waals surface area contributed by atoms with Crippen LogP contribution in [-0.4, -0.2) is 45.7 Å². The van der Waals surface area contributed by atoms with Gasteiger partial charge in [0.05, 0.1) is 13.2 Å². The molecule has 0 fully saturated rings. The highest BCUT2D eigenvalue weighted by molar-refractivity contribution is 5.94. The van der Waals surface area contributed by atoms with E-state index in [2.05, 4.69) is 15.0 Å². The third-order valence-corrected chi connectivity index (χ3v) is 3.20. The Morgan fingerprint density at radius 2 is 1.96 bits per heavy atom. The van der Waals surface area contributed by atoms with Crippen molar-refractivity contribution in [2.24, 2.45) is 10.7 Å². The largest absolute Gasteiger partial charge is 0.461 e. The maximum Gasteiger partial charge on any atom is 0.360 e. The van der Waals surface area contributed by atoms with Gasteiger partial charge >= 0.3 is 11.9 Å². The molecule has 26 heavy (non-hydrogen) atoms. The van der Waals surface area contributed by atoms with Crippen molar-refractivity contribution in [3.63, 3.8) is 0 Å². The van der Waals surface area contributed by atoms with Gasteiger partial charge in [0.1, 0.15) is 6.33 Å². The molecule has 1 aliphatic heterocycles. The minimum absolute atomic E-state index is 0.120. The molecule has 0 saturated carbocycles. The molecule has 0 aromatic carbocycles. The number of fused-ring (bicyclic) bond motifs is 1. The highest BCUT2D eigenvalue weighted by Gasteiger charge is 2.16. The first-order valence-electron chi connectivity index (χ1n) is 7.89. The zero-order valence-electron chi connectivity index (χ0n) is 14.4. The minimum Gasteiger partial charge on any atom is -0.461 e. The van der Waals surface area contributed by atoms with Gasteiger partial charge < -0.3 is 20.2 Å². The summed E-state index contributed by atoms with van der Waals surface area (Å²) in [5, 5.41) is 0. The number of nitrogens with zero attached hydrogens (tertiary/aromatic N) is 3. The van der Waals surface area contributed by atoms with Gasteiger partial charge in [-0.25, -0.2) is 14.6 Å². The number of aliphatic imine (C=N–C) groups is 1. The van der Waals surface area contributed by atoms with Crippen LogP contribution in [0.5, 0.6) is 0 Å². The first kappa shape index (κ1) is 18.9.